The van der Waals surface area contributed by atoms with Crippen LogP contribution >= 0.6 is 11.8 Å². The standard InChI is InChI=1S/C23H18F4N2O2S/c1-14(21(30)28-18-5-2-4-16(12-18)23(25,26)27)32-20-7-3-6-19(13-20)29-22(31)15-8-10-17(24)11-9-15/h2-14H,1H3,(H,28,30)(H,29,31). The first-order valence-electron chi connectivity index (χ1n) is 9.43. The number of halogens is 4. The van der Waals surface area contributed by atoms with E-state index in [1.807, 2.05) is 0 Å². The number of thioether (sulfide) groups is 1. The van der Waals surface area contributed by atoms with Gasteiger partial charge < -0.3 is 10.6 Å². The zero-order valence-electron chi connectivity index (χ0n) is 16.7. The van der Waals surface area contributed by atoms with Gasteiger partial charge in [-0.2, -0.15) is 13.2 Å². The Morgan fingerprint density at radius 3 is 2.16 bits per heavy atom. The molecule has 2 N–H and O–H groups in total. The fourth-order valence-corrected chi connectivity index (χ4v) is 3.65. The van der Waals surface area contributed by atoms with E-state index in [0.717, 1.165) is 12.1 Å². The van der Waals surface area contributed by atoms with Gasteiger partial charge >= 0.3 is 6.18 Å². The van der Waals surface area contributed by atoms with Crippen LogP contribution in [0, 0.1) is 5.82 Å². The second-order valence-corrected chi connectivity index (χ2v) is 8.23. The van der Waals surface area contributed by atoms with Crippen LogP contribution in [-0.4, -0.2) is 17.1 Å². The van der Waals surface area contributed by atoms with Crippen molar-refractivity contribution in [2.24, 2.45) is 0 Å². The molecule has 0 aliphatic heterocycles. The molecule has 0 aliphatic rings. The number of amides is 2. The van der Waals surface area contributed by atoms with E-state index in [2.05, 4.69) is 10.6 Å². The summed E-state index contributed by atoms with van der Waals surface area (Å²) >= 11 is 1.18. The second-order valence-electron chi connectivity index (χ2n) is 6.82. The number of benzene rings is 3. The molecule has 0 radical (unpaired) electrons. The van der Waals surface area contributed by atoms with Crippen molar-refractivity contribution < 1.29 is 27.2 Å². The van der Waals surface area contributed by atoms with Crippen LogP contribution < -0.4 is 10.6 Å². The van der Waals surface area contributed by atoms with Crippen molar-refractivity contribution in [3.8, 4) is 0 Å². The molecule has 9 heteroatoms. The number of nitrogens with one attached hydrogen (secondary N) is 2. The molecule has 0 saturated carbocycles. The second kappa shape index (κ2) is 9.86. The van der Waals surface area contributed by atoms with Gasteiger partial charge in [-0.15, -0.1) is 11.8 Å². The predicted molar refractivity (Wildman–Crippen MR) is 116 cm³/mol. The van der Waals surface area contributed by atoms with Gasteiger partial charge in [-0.05, 0) is 67.6 Å². The topological polar surface area (TPSA) is 58.2 Å². The molecule has 0 bridgehead atoms. The van der Waals surface area contributed by atoms with Gasteiger partial charge in [0.15, 0.2) is 0 Å². The maximum Gasteiger partial charge on any atom is 0.416 e. The van der Waals surface area contributed by atoms with Crippen LogP contribution in [0.4, 0.5) is 28.9 Å². The normalized spacial score (nSPS) is 12.2. The lowest BCUT2D eigenvalue weighted by atomic mass is 10.2. The summed E-state index contributed by atoms with van der Waals surface area (Å²) in [4.78, 5) is 25.4. The molecule has 1 unspecified atom stereocenters. The first-order chi connectivity index (χ1) is 15.1. The summed E-state index contributed by atoms with van der Waals surface area (Å²) in [5.41, 5.74) is -0.0223. The Morgan fingerprint density at radius 1 is 0.875 bits per heavy atom. The van der Waals surface area contributed by atoms with Crippen LogP contribution in [-0.2, 0) is 11.0 Å². The van der Waals surface area contributed by atoms with Crippen LogP contribution in [0.2, 0.25) is 0 Å². The van der Waals surface area contributed by atoms with Gasteiger partial charge in [0, 0.05) is 21.8 Å². The SMILES string of the molecule is CC(Sc1cccc(NC(=O)c2ccc(F)cc2)c1)C(=O)Nc1cccc(C(F)(F)F)c1. The maximum atomic E-state index is 13.0. The molecule has 0 fully saturated rings. The van der Waals surface area contributed by atoms with Gasteiger partial charge in [0.05, 0.1) is 10.8 Å². The van der Waals surface area contributed by atoms with E-state index in [0.29, 0.717) is 16.1 Å². The first-order valence-corrected chi connectivity index (χ1v) is 10.3. The number of carbonyl (C=O) groups is 2. The van der Waals surface area contributed by atoms with E-state index in [1.54, 1.807) is 31.2 Å². The van der Waals surface area contributed by atoms with Crippen LogP contribution in [0.3, 0.4) is 0 Å². The highest BCUT2D eigenvalue weighted by atomic mass is 32.2. The summed E-state index contributed by atoms with van der Waals surface area (Å²) in [6.45, 7) is 1.62. The Bertz CT molecular complexity index is 1120. The van der Waals surface area contributed by atoms with Crippen LogP contribution in [0.5, 0.6) is 0 Å². The van der Waals surface area contributed by atoms with Gasteiger partial charge in [-0.3, -0.25) is 9.59 Å². The average Bonchev–Trinajstić information content (AvgIpc) is 2.74. The number of hydrogen-bond donors (Lipinski definition) is 2. The minimum Gasteiger partial charge on any atom is -0.325 e. The Labute approximate surface area is 186 Å². The van der Waals surface area contributed by atoms with E-state index in [4.69, 9.17) is 0 Å². The molecule has 3 aromatic rings. The molecule has 1 atom stereocenters. The summed E-state index contributed by atoms with van der Waals surface area (Å²) in [5, 5.41) is 4.57. The average molecular weight is 462 g/mol. The molecular weight excluding hydrogens is 444 g/mol. The highest BCUT2D eigenvalue weighted by Crippen LogP contribution is 2.31. The highest BCUT2D eigenvalue weighted by molar-refractivity contribution is 8.00. The van der Waals surface area contributed by atoms with E-state index < -0.39 is 34.6 Å². The Morgan fingerprint density at radius 2 is 1.50 bits per heavy atom. The van der Waals surface area contributed by atoms with E-state index in [-0.39, 0.29) is 5.69 Å². The fourth-order valence-electron chi connectivity index (χ4n) is 2.73. The summed E-state index contributed by atoms with van der Waals surface area (Å²) in [6.07, 6.45) is -4.50. The number of anilines is 2. The third kappa shape index (κ3) is 6.34. The van der Waals surface area contributed by atoms with Gasteiger partial charge in [0.1, 0.15) is 5.82 Å². The molecule has 0 aromatic heterocycles. The lowest BCUT2D eigenvalue weighted by molar-refractivity contribution is -0.137. The highest BCUT2D eigenvalue weighted by Gasteiger charge is 2.30. The molecule has 3 rings (SSSR count). The van der Waals surface area contributed by atoms with Crippen molar-refractivity contribution in [3.05, 3.63) is 89.7 Å². The molecule has 0 saturated heterocycles. The van der Waals surface area contributed by atoms with Crippen LogP contribution in [0.25, 0.3) is 0 Å². The largest absolute Gasteiger partial charge is 0.416 e. The smallest absolute Gasteiger partial charge is 0.325 e. The van der Waals surface area contributed by atoms with Crippen LogP contribution in [0.15, 0.2) is 77.7 Å². The maximum absolute atomic E-state index is 13.0. The fraction of sp³-hybridized carbons (Fsp3) is 0.130. The van der Waals surface area contributed by atoms with Gasteiger partial charge in [0.25, 0.3) is 5.91 Å². The van der Waals surface area contributed by atoms with Crippen molar-refractivity contribution in [3.63, 3.8) is 0 Å². The monoisotopic (exact) mass is 462 g/mol. The van der Waals surface area contributed by atoms with Gasteiger partial charge in [-0.1, -0.05) is 12.1 Å². The first kappa shape index (κ1) is 23.3. The molecule has 2 amide bonds. The Kier molecular flexibility index (Phi) is 7.19. The van der Waals surface area contributed by atoms with Crippen molar-refractivity contribution in [1.29, 1.82) is 0 Å². The lowest BCUT2D eigenvalue weighted by Gasteiger charge is -2.14. The molecular formula is C23H18F4N2O2S. The third-order valence-corrected chi connectivity index (χ3v) is 5.43. The van der Waals surface area contributed by atoms with Gasteiger partial charge in [0.2, 0.25) is 5.91 Å². The van der Waals surface area contributed by atoms with E-state index >= 15 is 0 Å². The number of rotatable bonds is 6. The van der Waals surface area contributed by atoms with E-state index in [1.165, 1.54) is 48.2 Å². The van der Waals surface area contributed by atoms with Crippen molar-refractivity contribution >= 4 is 35.0 Å². The van der Waals surface area contributed by atoms with Crippen LogP contribution in [0.1, 0.15) is 22.8 Å². The minimum absolute atomic E-state index is 0.0533. The zero-order chi connectivity index (χ0) is 23.3. The quantitative estimate of drug-likeness (QED) is 0.338. The molecule has 4 nitrogen and oxygen atoms in total. The summed E-state index contributed by atoms with van der Waals surface area (Å²) < 4.78 is 51.5. The van der Waals surface area contributed by atoms with Crippen molar-refractivity contribution in [1.82, 2.24) is 0 Å². The predicted octanol–water partition coefficient (Wildman–Crippen LogP) is 6.22. The Balaban J connectivity index is 1.62. The van der Waals surface area contributed by atoms with E-state index in [9.17, 15) is 27.2 Å². The third-order valence-electron chi connectivity index (χ3n) is 4.34. The molecule has 32 heavy (non-hydrogen) atoms. The summed E-state index contributed by atoms with van der Waals surface area (Å²) in [7, 11) is 0. The molecule has 166 valence electrons. The minimum atomic E-state index is -4.50. The molecule has 0 spiro atoms. The number of alkyl halides is 3. The zero-order valence-corrected chi connectivity index (χ0v) is 17.6. The summed E-state index contributed by atoms with van der Waals surface area (Å²) in [5.74, 6) is -1.32. The molecule has 3 aromatic carbocycles. The lowest BCUT2D eigenvalue weighted by Crippen LogP contribution is -2.22. The van der Waals surface area contributed by atoms with Crippen molar-refractivity contribution in [2.75, 3.05) is 10.6 Å². The molecule has 0 aliphatic carbocycles. The number of hydrogen-bond acceptors (Lipinski definition) is 3. The van der Waals surface area contributed by atoms with Crippen molar-refractivity contribution in [2.45, 2.75) is 23.2 Å². The van der Waals surface area contributed by atoms with Gasteiger partial charge in [-0.25, -0.2) is 4.39 Å². The molecule has 0 heterocycles. The number of carbonyl (C=O) groups excluding carboxylic acids is 2. The Hall–Kier alpha value is -3.33. The summed E-state index contributed by atoms with van der Waals surface area (Å²) in [6, 6.07) is 16.3.